The fraction of sp³-hybridized carbons (Fsp3) is 0.273. The lowest BCUT2D eigenvalue weighted by Crippen LogP contribution is -2.04. The van der Waals surface area contributed by atoms with E-state index >= 15 is 0 Å². The third kappa shape index (κ3) is 2.87. The zero-order valence-electron chi connectivity index (χ0n) is 8.72. The summed E-state index contributed by atoms with van der Waals surface area (Å²) in [6.07, 6.45) is 1.70. The minimum atomic E-state index is -0.563. The Hall–Kier alpha value is -0.780. The molecular weight excluding hydrogens is 288 g/mol. The van der Waals surface area contributed by atoms with Gasteiger partial charge in [0.15, 0.2) is 0 Å². The highest BCUT2D eigenvalue weighted by Crippen LogP contribution is 2.24. The van der Waals surface area contributed by atoms with Gasteiger partial charge in [-0.2, -0.15) is 0 Å². The summed E-state index contributed by atoms with van der Waals surface area (Å²) in [6, 6.07) is 3.77. The molecule has 0 aliphatic carbocycles. The van der Waals surface area contributed by atoms with Crippen LogP contribution in [-0.2, 0) is 6.42 Å². The predicted molar refractivity (Wildman–Crippen MR) is 67.5 cm³/mol. The summed E-state index contributed by atoms with van der Waals surface area (Å²) in [5, 5.41) is 12.0. The number of halogens is 1. The monoisotopic (exact) mass is 298 g/mol. The van der Waals surface area contributed by atoms with Crippen LogP contribution in [0.3, 0.4) is 0 Å². The molecule has 3 nitrogen and oxygen atoms in total. The van der Waals surface area contributed by atoms with Gasteiger partial charge in [0.1, 0.15) is 11.9 Å². The Morgan fingerprint density at radius 1 is 1.56 bits per heavy atom. The van der Waals surface area contributed by atoms with Gasteiger partial charge < -0.3 is 5.11 Å². The second kappa shape index (κ2) is 5.03. The van der Waals surface area contributed by atoms with E-state index < -0.39 is 6.10 Å². The number of rotatable bonds is 3. The van der Waals surface area contributed by atoms with E-state index in [1.165, 1.54) is 0 Å². The SMILES string of the molecule is Cc1nccc(C(O)Cc2cc(Br)cs2)n1. The minimum absolute atomic E-state index is 0.563. The Labute approximate surface area is 106 Å². The van der Waals surface area contributed by atoms with E-state index in [9.17, 15) is 5.11 Å². The maximum atomic E-state index is 10.0. The van der Waals surface area contributed by atoms with Gasteiger partial charge in [0.05, 0.1) is 5.69 Å². The molecule has 0 spiro atoms. The topological polar surface area (TPSA) is 46.0 Å². The van der Waals surface area contributed by atoms with Crippen molar-refractivity contribution in [3.05, 3.63) is 44.6 Å². The van der Waals surface area contributed by atoms with Crippen molar-refractivity contribution in [1.29, 1.82) is 0 Å². The van der Waals surface area contributed by atoms with Crippen molar-refractivity contribution in [3.8, 4) is 0 Å². The lowest BCUT2D eigenvalue weighted by molar-refractivity contribution is 0.174. The smallest absolute Gasteiger partial charge is 0.125 e. The van der Waals surface area contributed by atoms with Gasteiger partial charge >= 0.3 is 0 Å². The molecule has 1 N–H and O–H groups in total. The molecule has 2 aromatic heterocycles. The van der Waals surface area contributed by atoms with Gasteiger partial charge in [0, 0.05) is 27.3 Å². The number of aliphatic hydroxyl groups excluding tert-OH is 1. The van der Waals surface area contributed by atoms with Crippen LogP contribution in [0.2, 0.25) is 0 Å². The second-order valence-corrected chi connectivity index (χ2v) is 5.39. The van der Waals surface area contributed by atoms with Gasteiger partial charge in [0.25, 0.3) is 0 Å². The van der Waals surface area contributed by atoms with Crippen LogP contribution in [0.25, 0.3) is 0 Å². The molecule has 0 saturated carbocycles. The van der Waals surface area contributed by atoms with Crippen LogP contribution >= 0.6 is 27.3 Å². The standard InChI is InChI=1S/C11H11BrN2OS/c1-7-13-3-2-10(14-7)11(15)5-9-4-8(12)6-16-9/h2-4,6,11,15H,5H2,1H3. The van der Waals surface area contributed by atoms with Crippen molar-refractivity contribution < 1.29 is 5.11 Å². The van der Waals surface area contributed by atoms with E-state index in [0.29, 0.717) is 17.9 Å². The molecular formula is C11H11BrN2OS. The number of thiophene rings is 1. The minimum Gasteiger partial charge on any atom is -0.386 e. The first-order chi connectivity index (χ1) is 7.65. The maximum Gasteiger partial charge on any atom is 0.125 e. The Morgan fingerprint density at radius 3 is 3.00 bits per heavy atom. The molecule has 2 heterocycles. The van der Waals surface area contributed by atoms with Crippen molar-refractivity contribution in [3.63, 3.8) is 0 Å². The molecule has 1 atom stereocenters. The Balaban J connectivity index is 2.11. The van der Waals surface area contributed by atoms with Gasteiger partial charge in [-0.3, -0.25) is 0 Å². The molecule has 0 bridgehead atoms. The van der Waals surface area contributed by atoms with Gasteiger partial charge in [-0.1, -0.05) is 0 Å². The summed E-state index contributed by atoms with van der Waals surface area (Å²) in [7, 11) is 0. The summed E-state index contributed by atoms with van der Waals surface area (Å²) in [4.78, 5) is 9.35. The summed E-state index contributed by atoms with van der Waals surface area (Å²) >= 11 is 5.02. The third-order valence-corrected chi connectivity index (χ3v) is 3.88. The number of aliphatic hydroxyl groups is 1. The number of aromatic nitrogens is 2. The highest BCUT2D eigenvalue weighted by Gasteiger charge is 2.11. The molecule has 1 unspecified atom stereocenters. The molecule has 0 radical (unpaired) electrons. The quantitative estimate of drug-likeness (QED) is 0.948. The van der Waals surface area contributed by atoms with E-state index in [0.717, 1.165) is 9.35 Å². The molecule has 84 valence electrons. The largest absolute Gasteiger partial charge is 0.386 e. The number of hydrogen-bond acceptors (Lipinski definition) is 4. The molecule has 2 aromatic rings. The molecule has 0 saturated heterocycles. The normalized spacial score (nSPS) is 12.7. The van der Waals surface area contributed by atoms with Crippen molar-refractivity contribution in [2.75, 3.05) is 0 Å². The molecule has 0 amide bonds. The summed E-state index contributed by atoms with van der Waals surface area (Å²) in [5.41, 5.74) is 0.678. The number of nitrogens with zero attached hydrogens (tertiary/aromatic N) is 2. The Morgan fingerprint density at radius 2 is 2.38 bits per heavy atom. The lowest BCUT2D eigenvalue weighted by atomic mass is 10.1. The van der Waals surface area contributed by atoms with Gasteiger partial charge in [0.2, 0.25) is 0 Å². The van der Waals surface area contributed by atoms with Crippen molar-refractivity contribution >= 4 is 27.3 Å². The zero-order chi connectivity index (χ0) is 11.5. The van der Waals surface area contributed by atoms with Gasteiger partial charge in [-0.25, -0.2) is 9.97 Å². The fourth-order valence-corrected chi connectivity index (χ4v) is 2.91. The van der Waals surface area contributed by atoms with Crippen LogP contribution in [-0.4, -0.2) is 15.1 Å². The van der Waals surface area contributed by atoms with Gasteiger partial charge in [-0.15, -0.1) is 11.3 Å². The summed E-state index contributed by atoms with van der Waals surface area (Å²) in [6.45, 7) is 1.82. The van der Waals surface area contributed by atoms with E-state index in [1.807, 2.05) is 18.4 Å². The Bertz CT molecular complexity index is 486. The summed E-state index contributed by atoms with van der Waals surface area (Å²) < 4.78 is 1.05. The maximum absolute atomic E-state index is 10.0. The average molecular weight is 299 g/mol. The molecule has 0 aliphatic heterocycles. The van der Waals surface area contributed by atoms with Crippen molar-refractivity contribution in [1.82, 2.24) is 9.97 Å². The number of aryl methyl sites for hydroxylation is 1. The Kier molecular flexibility index (Phi) is 3.68. The van der Waals surface area contributed by atoms with E-state index in [4.69, 9.17) is 0 Å². The highest BCUT2D eigenvalue weighted by molar-refractivity contribution is 9.10. The van der Waals surface area contributed by atoms with Crippen molar-refractivity contribution in [2.45, 2.75) is 19.4 Å². The first-order valence-corrected chi connectivity index (χ1v) is 6.53. The molecule has 0 aromatic carbocycles. The zero-order valence-corrected chi connectivity index (χ0v) is 11.1. The summed E-state index contributed by atoms with van der Waals surface area (Å²) in [5.74, 6) is 0.684. The molecule has 16 heavy (non-hydrogen) atoms. The molecule has 5 heteroatoms. The average Bonchev–Trinajstić information content (AvgIpc) is 2.64. The fourth-order valence-electron chi connectivity index (χ4n) is 1.42. The molecule has 0 fully saturated rings. The third-order valence-electron chi connectivity index (χ3n) is 2.16. The predicted octanol–water partition coefficient (Wildman–Crippen LogP) is 2.89. The van der Waals surface area contributed by atoms with Crippen LogP contribution in [0.5, 0.6) is 0 Å². The van der Waals surface area contributed by atoms with Crippen LogP contribution in [0.15, 0.2) is 28.2 Å². The van der Waals surface area contributed by atoms with Crippen LogP contribution in [0.4, 0.5) is 0 Å². The first-order valence-electron chi connectivity index (χ1n) is 4.85. The van der Waals surface area contributed by atoms with E-state index in [2.05, 4.69) is 25.9 Å². The molecule has 0 aliphatic rings. The highest BCUT2D eigenvalue weighted by atomic mass is 79.9. The van der Waals surface area contributed by atoms with Crippen LogP contribution < -0.4 is 0 Å². The first kappa shape index (κ1) is 11.7. The van der Waals surface area contributed by atoms with Gasteiger partial charge in [-0.05, 0) is 35.0 Å². The van der Waals surface area contributed by atoms with Crippen LogP contribution in [0, 0.1) is 6.92 Å². The second-order valence-electron chi connectivity index (χ2n) is 3.48. The molecule has 2 rings (SSSR count). The van der Waals surface area contributed by atoms with Crippen molar-refractivity contribution in [2.24, 2.45) is 0 Å². The number of hydrogen-bond donors (Lipinski definition) is 1. The lowest BCUT2D eigenvalue weighted by Gasteiger charge is -2.08. The van der Waals surface area contributed by atoms with E-state index in [1.54, 1.807) is 23.6 Å². The van der Waals surface area contributed by atoms with Crippen LogP contribution in [0.1, 0.15) is 22.5 Å². The van der Waals surface area contributed by atoms with E-state index in [-0.39, 0.29) is 0 Å².